The second kappa shape index (κ2) is 9.09. The first-order valence-electron chi connectivity index (χ1n) is 9.82. The molecular weight excluding hydrogens is 443 g/mol. The highest BCUT2D eigenvalue weighted by Crippen LogP contribution is 2.35. The number of carbonyl (C=O) groups is 1. The highest BCUT2D eigenvalue weighted by molar-refractivity contribution is 6.30. The SMILES string of the molecule is CC1(C)OC[C@@H]([C@H]2OC(=O)C(OCc3ccc(Cl)cc3)=C2OCc2ccc(Cl)cc2)O1. The molecule has 0 bridgehead atoms. The molecule has 2 heterocycles. The van der Waals surface area contributed by atoms with Crippen LogP contribution < -0.4 is 0 Å². The van der Waals surface area contributed by atoms with Crippen molar-refractivity contribution in [3.63, 3.8) is 0 Å². The van der Waals surface area contributed by atoms with E-state index in [9.17, 15) is 4.79 Å². The van der Waals surface area contributed by atoms with Gasteiger partial charge in [0, 0.05) is 10.0 Å². The Kier molecular flexibility index (Phi) is 6.44. The standard InChI is InChI=1S/C23H22Cl2O6/c1-23(2)29-13-18(31-23)19-20(27-11-14-3-7-16(24)8-4-14)21(22(26)30-19)28-12-15-5-9-17(25)10-6-15/h3-10,18-19H,11-13H2,1-2H3/t18-,19+/m0/s1. The molecule has 0 aliphatic carbocycles. The summed E-state index contributed by atoms with van der Waals surface area (Å²) in [5.74, 6) is -1.05. The van der Waals surface area contributed by atoms with Crippen LogP contribution in [0.4, 0.5) is 0 Å². The molecule has 0 radical (unpaired) electrons. The van der Waals surface area contributed by atoms with E-state index in [4.69, 9.17) is 46.9 Å². The smallest absolute Gasteiger partial charge is 0.378 e. The number of hydrogen-bond acceptors (Lipinski definition) is 6. The lowest BCUT2D eigenvalue weighted by Gasteiger charge is -2.22. The quantitative estimate of drug-likeness (QED) is 0.536. The van der Waals surface area contributed by atoms with Gasteiger partial charge < -0.3 is 23.7 Å². The average molecular weight is 465 g/mol. The zero-order valence-corrected chi connectivity index (χ0v) is 18.6. The molecule has 0 unspecified atom stereocenters. The van der Waals surface area contributed by atoms with Crippen molar-refractivity contribution in [1.82, 2.24) is 0 Å². The molecule has 31 heavy (non-hydrogen) atoms. The van der Waals surface area contributed by atoms with Gasteiger partial charge in [-0.2, -0.15) is 0 Å². The van der Waals surface area contributed by atoms with Gasteiger partial charge in [-0.3, -0.25) is 0 Å². The fourth-order valence-electron chi connectivity index (χ4n) is 3.32. The van der Waals surface area contributed by atoms with E-state index in [-0.39, 0.29) is 25.6 Å². The Balaban J connectivity index is 1.55. The van der Waals surface area contributed by atoms with Gasteiger partial charge in [0.1, 0.15) is 19.3 Å². The van der Waals surface area contributed by atoms with Crippen LogP contribution in [0.25, 0.3) is 0 Å². The van der Waals surface area contributed by atoms with Crippen LogP contribution in [0.3, 0.4) is 0 Å². The fraction of sp³-hybridized carbons (Fsp3) is 0.348. The predicted molar refractivity (Wildman–Crippen MR) is 114 cm³/mol. The summed E-state index contributed by atoms with van der Waals surface area (Å²) in [5, 5.41) is 1.25. The molecule has 4 rings (SSSR count). The zero-order valence-electron chi connectivity index (χ0n) is 17.1. The van der Waals surface area contributed by atoms with Crippen molar-refractivity contribution in [3.8, 4) is 0 Å². The van der Waals surface area contributed by atoms with E-state index in [2.05, 4.69) is 0 Å². The Bertz CT molecular complexity index is 969. The Labute approximate surface area is 190 Å². The molecule has 2 aromatic carbocycles. The van der Waals surface area contributed by atoms with Crippen LogP contribution in [0.1, 0.15) is 25.0 Å². The van der Waals surface area contributed by atoms with Crippen LogP contribution in [-0.2, 0) is 41.7 Å². The summed E-state index contributed by atoms with van der Waals surface area (Å²) >= 11 is 11.9. The number of rotatable bonds is 7. The highest BCUT2D eigenvalue weighted by Gasteiger charge is 2.48. The lowest BCUT2D eigenvalue weighted by Crippen LogP contribution is -2.33. The maximum atomic E-state index is 12.6. The molecule has 2 aliphatic rings. The van der Waals surface area contributed by atoms with Crippen LogP contribution in [0.2, 0.25) is 10.0 Å². The first-order valence-corrected chi connectivity index (χ1v) is 10.6. The molecule has 1 fully saturated rings. The van der Waals surface area contributed by atoms with Gasteiger partial charge in [0.25, 0.3) is 0 Å². The average Bonchev–Trinajstić information content (AvgIpc) is 3.26. The van der Waals surface area contributed by atoms with Gasteiger partial charge in [0.05, 0.1) is 6.61 Å². The first kappa shape index (κ1) is 22.0. The summed E-state index contributed by atoms with van der Waals surface area (Å²) in [6.45, 7) is 4.25. The van der Waals surface area contributed by atoms with Crippen LogP contribution in [0, 0.1) is 0 Å². The summed E-state index contributed by atoms with van der Waals surface area (Å²) < 4.78 is 29.0. The van der Waals surface area contributed by atoms with Crippen molar-refractivity contribution >= 4 is 29.2 Å². The molecule has 0 saturated carbocycles. The molecule has 8 heteroatoms. The van der Waals surface area contributed by atoms with Gasteiger partial charge in [-0.15, -0.1) is 0 Å². The Morgan fingerprint density at radius 2 is 1.48 bits per heavy atom. The van der Waals surface area contributed by atoms with Crippen molar-refractivity contribution in [2.75, 3.05) is 6.61 Å². The van der Waals surface area contributed by atoms with Crippen LogP contribution in [0.15, 0.2) is 60.0 Å². The zero-order chi connectivity index (χ0) is 22.0. The molecule has 164 valence electrons. The molecule has 2 aliphatic heterocycles. The minimum atomic E-state index is -0.773. The van der Waals surface area contributed by atoms with Gasteiger partial charge in [0.15, 0.2) is 17.7 Å². The molecular formula is C23H22Cl2O6. The summed E-state index contributed by atoms with van der Waals surface area (Å²) in [5.41, 5.74) is 1.74. The van der Waals surface area contributed by atoms with Gasteiger partial charge in [0.2, 0.25) is 5.76 Å². The summed E-state index contributed by atoms with van der Waals surface area (Å²) in [4.78, 5) is 12.6. The minimum Gasteiger partial charge on any atom is -0.485 e. The Morgan fingerprint density at radius 1 is 0.935 bits per heavy atom. The predicted octanol–water partition coefficient (Wildman–Crippen LogP) is 5.02. The van der Waals surface area contributed by atoms with Crippen LogP contribution in [0.5, 0.6) is 0 Å². The Morgan fingerprint density at radius 3 is 2.00 bits per heavy atom. The van der Waals surface area contributed by atoms with E-state index in [0.717, 1.165) is 11.1 Å². The number of halogens is 2. The lowest BCUT2D eigenvalue weighted by molar-refractivity contribution is -0.164. The second-order valence-corrected chi connectivity index (χ2v) is 8.59. The van der Waals surface area contributed by atoms with Crippen molar-refractivity contribution in [3.05, 3.63) is 81.2 Å². The fourth-order valence-corrected chi connectivity index (χ4v) is 3.57. The van der Waals surface area contributed by atoms with Gasteiger partial charge in [-0.1, -0.05) is 47.5 Å². The monoisotopic (exact) mass is 464 g/mol. The summed E-state index contributed by atoms with van der Waals surface area (Å²) in [6, 6.07) is 14.4. The van der Waals surface area contributed by atoms with E-state index in [1.807, 2.05) is 24.3 Å². The van der Waals surface area contributed by atoms with Gasteiger partial charge in [-0.05, 0) is 49.2 Å². The topological polar surface area (TPSA) is 63.2 Å². The normalized spacial score (nSPS) is 22.5. The number of benzene rings is 2. The van der Waals surface area contributed by atoms with Crippen molar-refractivity contribution in [2.24, 2.45) is 0 Å². The third kappa shape index (κ3) is 5.33. The summed E-state index contributed by atoms with van der Waals surface area (Å²) in [7, 11) is 0. The van der Waals surface area contributed by atoms with Crippen LogP contribution >= 0.6 is 23.2 Å². The second-order valence-electron chi connectivity index (χ2n) is 7.72. The van der Waals surface area contributed by atoms with Gasteiger partial charge in [-0.25, -0.2) is 4.79 Å². The number of carbonyl (C=O) groups excluding carboxylic acids is 1. The molecule has 0 amide bonds. The number of esters is 1. The molecule has 6 nitrogen and oxygen atoms in total. The molecule has 2 atom stereocenters. The molecule has 1 saturated heterocycles. The highest BCUT2D eigenvalue weighted by atomic mass is 35.5. The Hall–Kier alpha value is -2.25. The van der Waals surface area contributed by atoms with E-state index in [1.165, 1.54) is 0 Å². The molecule has 2 aromatic rings. The largest absolute Gasteiger partial charge is 0.485 e. The number of ether oxygens (including phenoxy) is 5. The number of hydrogen-bond donors (Lipinski definition) is 0. The van der Waals surface area contributed by atoms with Crippen molar-refractivity contribution in [2.45, 2.75) is 45.1 Å². The van der Waals surface area contributed by atoms with E-state index >= 15 is 0 Å². The number of cyclic esters (lactones) is 1. The third-order valence-corrected chi connectivity index (χ3v) is 5.38. The minimum absolute atomic E-state index is 0.0298. The maximum Gasteiger partial charge on any atom is 0.378 e. The maximum absolute atomic E-state index is 12.6. The summed E-state index contributed by atoms with van der Waals surface area (Å²) in [6.07, 6.45) is -1.27. The van der Waals surface area contributed by atoms with Crippen LogP contribution in [-0.4, -0.2) is 30.6 Å². The van der Waals surface area contributed by atoms with Crippen molar-refractivity contribution < 1.29 is 28.5 Å². The molecule has 0 N–H and O–H groups in total. The molecule has 0 aromatic heterocycles. The van der Waals surface area contributed by atoms with Crippen molar-refractivity contribution in [1.29, 1.82) is 0 Å². The van der Waals surface area contributed by atoms with E-state index in [1.54, 1.807) is 38.1 Å². The lowest BCUT2D eigenvalue weighted by atomic mass is 10.1. The first-order chi connectivity index (χ1) is 14.8. The molecule has 0 spiro atoms. The third-order valence-electron chi connectivity index (χ3n) is 4.87. The van der Waals surface area contributed by atoms with E-state index < -0.39 is 24.0 Å². The van der Waals surface area contributed by atoms with E-state index in [0.29, 0.717) is 15.8 Å². The van der Waals surface area contributed by atoms with Gasteiger partial charge >= 0.3 is 5.97 Å².